The van der Waals surface area contributed by atoms with Crippen LogP contribution in [-0.4, -0.2) is 17.1 Å². The van der Waals surface area contributed by atoms with Gasteiger partial charge in [0.05, 0.1) is 13.2 Å². The lowest BCUT2D eigenvalue weighted by molar-refractivity contribution is 0.362. The van der Waals surface area contributed by atoms with E-state index in [1.807, 2.05) is 18.2 Å². The Labute approximate surface area is 119 Å². The second-order valence-electron chi connectivity index (χ2n) is 4.52. The van der Waals surface area contributed by atoms with Crippen molar-refractivity contribution >= 4 is 0 Å². The highest BCUT2D eigenvalue weighted by atomic mass is 16.5. The Morgan fingerprint density at radius 3 is 2.50 bits per heavy atom. The molecule has 20 heavy (non-hydrogen) atoms. The van der Waals surface area contributed by atoms with Crippen LogP contribution in [0.25, 0.3) is 0 Å². The fourth-order valence-electron chi connectivity index (χ4n) is 2.46. The number of nitrogens with zero attached hydrogens (tertiary/aromatic N) is 2. The molecule has 1 aromatic heterocycles. The van der Waals surface area contributed by atoms with Gasteiger partial charge in [0, 0.05) is 18.3 Å². The van der Waals surface area contributed by atoms with Crippen LogP contribution in [-0.2, 0) is 0 Å². The summed E-state index contributed by atoms with van der Waals surface area (Å²) in [4.78, 5) is 8.58. The van der Waals surface area contributed by atoms with Crippen molar-refractivity contribution in [3.05, 3.63) is 54.0 Å². The molecule has 0 aliphatic heterocycles. The van der Waals surface area contributed by atoms with E-state index in [-0.39, 0.29) is 12.0 Å². The van der Waals surface area contributed by atoms with Gasteiger partial charge in [0.15, 0.2) is 0 Å². The molecule has 1 heterocycles. The first-order chi connectivity index (χ1) is 9.81. The monoisotopic (exact) mass is 272 g/mol. The van der Waals surface area contributed by atoms with Crippen LogP contribution >= 0.6 is 0 Å². The van der Waals surface area contributed by atoms with E-state index in [2.05, 4.69) is 34.5 Å². The molecule has 5 heteroatoms. The summed E-state index contributed by atoms with van der Waals surface area (Å²) in [6.07, 6.45) is 4.19. The minimum atomic E-state index is -0.147. The van der Waals surface area contributed by atoms with E-state index in [1.165, 1.54) is 5.56 Å². The summed E-state index contributed by atoms with van der Waals surface area (Å²) in [5.74, 6) is 6.47. The predicted molar refractivity (Wildman–Crippen MR) is 78.1 cm³/mol. The molecule has 0 saturated carbocycles. The van der Waals surface area contributed by atoms with Gasteiger partial charge in [-0.3, -0.25) is 16.3 Å². The predicted octanol–water partition coefficient (Wildman–Crippen LogP) is 2.18. The first-order valence-electron chi connectivity index (χ1n) is 6.67. The summed E-state index contributed by atoms with van der Waals surface area (Å²) >= 11 is 0. The third-order valence-corrected chi connectivity index (χ3v) is 3.43. The molecule has 2 unspecified atom stereocenters. The van der Waals surface area contributed by atoms with Crippen molar-refractivity contribution in [2.75, 3.05) is 7.11 Å². The number of benzene rings is 1. The first-order valence-corrected chi connectivity index (χ1v) is 6.67. The molecule has 106 valence electrons. The summed E-state index contributed by atoms with van der Waals surface area (Å²) in [5.41, 5.74) is 4.80. The highest BCUT2D eigenvalue weighted by molar-refractivity contribution is 5.28. The number of hydrogen-bond donors (Lipinski definition) is 2. The maximum atomic E-state index is 5.77. The van der Waals surface area contributed by atoms with Crippen molar-refractivity contribution < 1.29 is 4.74 Å². The molecular formula is C15H20N4O. The van der Waals surface area contributed by atoms with Gasteiger partial charge in [-0.1, -0.05) is 37.3 Å². The third-order valence-electron chi connectivity index (χ3n) is 3.43. The van der Waals surface area contributed by atoms with Crippen LogP contribution in [0.2, 0.25) is 0 Å². The standard InChI is InChI=1S/C15H20N4O/c1-3-12(11-7-5-4-6-8-11)13(19-16)14-15(20-2)18-10-9-17-14/h4-10,12-13,19H,3,16H2,1-2H3. The molecule has 3 N–H and O–H groups in total. The Hall–Kier alpha value is -1.98. The molecule has 0 saturated heterocycles. The fourth-order valence-corrected chi connectivity index (χ4v) is 2.46. The summed E-state index contributed by atoms with van der Waals surface area (Å²) in [5, 5.41) is 0. The SMILES string of the molecule is CCC(c1ccccc1)C(NN)c1nccnc1OC. The van der Waals surface area contributed by atoms with E-state index in [0.717, 1.165) is 12.1 Å². The number of hydrazine groups is 1. The largest absolute Gasteiger partial charge is 0.480 e. The zero-order chi connectivity index (χ0) is 14.4. The lowest BCUT2D eigenvalue weighted by atomic mass is 9.87. The molecule has 0 radical (unpaired) electrons. The van der Waals surface area contributed by atoms with Crippen molar-refractivity contribution in [1.82, 2.24) is 15.4 Å². The zero-order valence-electron chi connectivity index (χ0n) is 11.8. The van der Waals surface area contributed by atoms with E-state index >= 15 is 0 Å². The highest BCUT2D eigenvalue weighted by Crippen LogP contribution is 2.34. The van der Waals surface area contributed by atoms with Crippen LogP contribution in [0.3, 0.4) is 0 Å². The van der Waals surface area contributed by atoms with E-state index in [0.29, 0.717) is 5.88 Å². The van der Waals surface area contributed by atoms with E-state index in [1.54, 1.807) is 19.5 Å². The summed E-state index contributed by atoms with van der Waals surface area (Å²) in [7, 11) is 1.59. The second kappa shape index (κ2) is 6.98. The zero-order valence-corrected chi connectivity index (χ0v) is 11.8. The molecule has 0 aliphatic rings. The maximum Gasteiger partial charge on any atom is 0.237 e. The molecule has 2 atom stereocenters. The van der Waals surface area contributed by atoms with Gasteiger partial charge < -0.3 is 4.74 Å². The van der Waals surface area contributed by atoms with Crippen LogP contribution in [0.4, 0.5) is 0 Å². The molecule has 0 fully saturated rings. The van der Waals surface area contributed by atoms with Crippen LogP contribution in [0.5, 0.6) is 5.88 Å². The summed E-state index contributed by atoms with van der Waals surface area (Å²) < 4.78 is 5.29. The van der Waals surface area contributed by atoms with Gasteiger partial charge in [0.1, 0.15) is 5.69 Å². The maximum absolute atomic E-state index is 5.77. The molecule has 0 amide bonds. The Morgan fingerprint density at radius 2 is 1.90 bits per heavy atom. The first kappa shape index (κ1) is 14.4. The van der Waals surface area contributed by atoms with Crippen LogP contribution in [0, 0.1) is 0 Å². The van der Waals surface area contributed by atoms with Crippen molar-refractivity contribution in [1.29, 1.82) is 0 Å². The van der Waals surface area contributed by atoms with Crippen molar-refractivity contribution in [2.24, 2.45) is 5.84 Å². The van der Waals surface area contributed by atoms with Gasteiger partial charge in [-0.05, 0) is 12.0 Å². The number of ether oxygens (including phenoxy) is 1. The van der Waals surface area contributed by atoms with E-state index in [4.69, 9.17) is 10.6 Å². The lowest BCUT2D eigenvalue weighted by Crippen LogP contribution is -2.33. The summed E-state index contributed by atoms with van der Waals surface area (Å²) in [6.45, 7) is 2.13. The van der Waals surface area contributed by atoms with Crippen LogP contribution in [0.1, 0.15) is 36.6 Å². The number of aromatic nitrogens is 2. The molecule has 0 spiro atoms. The number of hydrogen-bond acceptors (Lipinski definition) is 5. The molecular weight excluding hydrogens is 252 g/mol. The van der Waals surface area contributed by atoms with Crippen LogP contribution in [0.15, 0.2) is 42.7 Å². The average molecular weight is 272 g/mol. The number of methoxy groups -OCH3 is 1. The Kier molecular flexibility index (Phi) is 5.03. The average Bonchev–Trinajstić information content (AvgIpc) is 2.53. The van der Waals surface area contributed by atoms with Gasteiger partial charge in [0.25, 0.3) is 0 Å². The van der Waals surface area contributed by atoms with Gasteiger partial charge in [-0.15, -0.1) is 0 Å². The lowest BCUT2D eigenvalue weighted by Gasteiger charge is -2.26. The quantitative estimate of drug-likeness (QED) is 0.623. The van der Waals surface area contributed by atoms with Gasteiger partial charge >= 0.3 is 0 Å². The topological polar surface area (TPSA) is 73.1 Å². The molecule has 1 aromatic carbocycles. The number of nitrogens with one attached hydrogen (secondary N) is 1. The highest BCUT2D eigenvalue weighted by Gasteiger charge is 2.26. The molecule has 0 aliphatic carbocycles. The van der Waals surface area contributed by atoms with Gasteiger partial charge in [-0.25, -0.2) is 4.98 Å². The van der Waals surface area contributed by atoms with Crippen molar-refractivity contribution in [3.8, 4) is 5.88 Å². The second-order valence-corrected chi connectivity index (χ2v) is 4.52. The fraction of sp³-hybridized carbons (Fsp3) is 0.333. The van der Waals surface area contributed by atoms with E-state index in [9.17, 15) is 0 Å². The van der Waals surface area contributed by atoms with Crippen LogP contribution < -0.4 is 16.0 Å². The Balaban J connectivity index is 2.39. The number of nitrogens with two attached hydrogens (primary N) is 1. The van der Waals surface area contributed by atoms with E-state index < -0.39 is 0 Å². The van der Waals surface area contributed by atoms with Crippen molar-refractivity contribution in [2.45, 2.75) is 25.3 Å². The third kappa shape index (κ3) is 2.95. The Morgan fingerprint density at radius 1 is 1.20 bits per heavy atom. The normalized spacial score (nSPS) is 13.8. The minimum absolute atomic E-state index is 0.147. The Bertz CT molecular complexity index is 532. The molecule has 2 rings (SSSR count). The molecule has 5 nitrogen and oxygen atoms in total. The van der Waals surface area contributed by atoms with Crippen molar-refractivity contribution in [3.63, 3.8) is 0 Å². The smallest absolute Gasteiger partial charge is 0.237 e. The molecule has 2 aromatic rings. The minimum Gasteiger partial charge on any atom is -0.480 e. The summed E-state index contributed by atoms with van der Waals surface area (Å²) in [6, 6.07) is 10.1. The molecule has 0 bridgehead atoms. The van der Waals surface area contributed by atoms with Gasteiger partial charge in [-0.2, -0.15) is 0 Å². The number of rotatable bonds is 6. The van der Waals surface area contributed by atoms with Gasteiger partial charge in [0.2, 0.25) is 5.88 Å².